The molecule has 0 spiro atoms. The van der Waals surface area contributed by atoms with Crippen molar-refractivity contribution < 1.29 is 4.39 Å². The maximum atomic E-state index is 13.0. The van der Waals surface area contributed by atoms with Crippen LogP contribution in [0.4, 0.5) is 10.1 Å². The molecule has 0 saturated heterocycles. The van der Waals surface area contributed by atoms with Gasteiger partial charge in [0.25, 0.3) is 0 Å². The Labute approximate surface area is 98.2 Å². The summed E-state index contributed by atoms with van der Waals surface area (Å²) in [7, 11) is 0. The van der Waals surface area contributed by atoms with Crippen LogP contribution in [0.2, 0.25) is 0 Å². The predicted molar refractivity (Wildman–Crippen MR) is 64.5 cm³/mol. The summed E-state index contributed by atoms with van der Waals surface area (Å²) in [4.78, 5) is 0. The first kappa shape index (κ1) is 10.9. The van der Waals surface area contributed by atoms with Crippen LogP contribution < -0.4 is 5.32 Å². The zero-order chi connectivity index (χ0) is 10.7. The molecule has 1 aliphatic rings. The molecule has 1 fully saturated rings. The zero-order valence-electron chi connectivity index (χ0n) is 8.60. The molecule has 3 heteroatoms. The van der Waals surface area contributed by atoms with Gasteiger partial charge in [-0.25, -0.2) is 4.39 Å². The lowest BCUT2D eigenvalue weighted by Gasteiger charge is -2.13. The normalized spacial score (nSPS) is 16.9. The van der Waals surface area contributed by atoms with Gasteiger partial charge in [-0.2, -0.15) is 0 Å². The highest BCUT2D eigenvalue weighted by atomic mass is 79.9. The molecule has 0 heterocycles. The molecule has 1 aromatic rings. The number of benzene rings is 1. The third-order valence-electron chi connectivity index (χ3n) is 2.98. The van der Waals surface area contributed by atoms with Crippen molar-refractivity contribution >= 4 is 21.6 Å². The summed E-state index contributed by atoms with van der Waals surface area (Å²) in [5.74, 6) is 0.576. The van der Waals surface area contributed by atoms with Crippen LogP contribution in [0.5, 0.6) is 0 Å². The van der Waals surface area contributed by atoms with Crippen LogP contribution in [-0.4, -0.2) is 6.54 Å². The van der Waals surface area contributed by atoms with Gasteiger partial charge in [0, 0.05) is 11.0 Å². The third-order valence-corrected chi connectivity index (χ3v) is 3.68. The maximum Gasteiger partial charge on any atom is 0.125 e. The standard InChI is InChI=1S/C12H15BrFN/c13-11-6-5-10(14)7-12(11)15-8-9-3-1-2-4-9/h5-7,9,15H,1-4,8H2. The van der Waals surface area contributed by atoms with E-state index in [2.05, 4.69) is 21.2 Å². The lowest BCUT2D eigenvalue weighted by molar-refractivity contribution is 0.579. The first-order valence-corrected chi connectivity index (χ1v) is 6.24. The van der Waals surface area contributed by atoms with Crippen molar-refractivity contribution in [3.05, 3.63) is 28.5 Å². The fourth-order valence-corrected chi connectivity index (χ4v) is 2.49. The van der Waals surface area contributed by atoms with Crippen molar-refractivity contribution in [1.29, 1.82) is 0 Å². The van der Waals surface area contributed by atoms with Crippen molar-refractivity contribution in [3.8, 4) is 0 Å². The van der Waals surface area contributed by atoms with E-state index >= 15 is 0 Å². The van der Waals surface area contributed by atoms with E-state index in [0.29, 0.717) is 0 Å². The molecular weight excluding hydrogens is 257 g/mol. The minimum Gasteiger partial charge on any atom is -0.384 e. The molecule has 1 nitrogen and oxygen atoms in total. The number of halogens is 2. The second-order valence-corrected chi connectivity index (χ2v) is 5.01. The molecule has 1 aromatic carbocycles. The Hall–Kier alpha value is -0.570. The van der Waals surface area contributed by atoms with Crippen LogP contribution in [0.25, 0.3) is 0 Å². The van der Waals surface area contributed by atoms with Gasteiger partial charge in [0.1, 0.15) is 5.82 Å². The van der Waals surface area contributed by atoms with Gasteiger partial charge in [-0.15, -0.1) is 0 Å². The summed E-state index contributed by atoms with van der Waals surface area (Å²) in [6, 6.07) is 4.75. The number of hydrogen-bond acceptors (Lipinski definition) is 1. The van der Waals surface area contributed by atoms with Crippen molar-refractivity contribution in [3.63, 3.8) is 0 Å². The highest BCUT2D eigenvalue weighted by Crippen LogP contribution is 2.27. The Morgan fingerprint density at radius 1 is 1.33 bits per heavy atom. The molecule has 0 bridgehead atoms. The number of anilines is 1. The van der Waals surface area contributed by atoms with Gasteiger partial charge in [0.15, 0.2) is 0 Å². The maximum absolute atomic E-state index is 13.0. The van der Waals surface area contributed by atoms with Gasteiger partial charge in [0.05, 0.1) is 5.69 Å². The van der Waals surface area contributed by atoms with Crippen molar-refractivity contribution in [2.45, 2.75) is 25.7 Å². The molecule has 1 saturated carbocycles. The monoisotopic (exact) mass is 271 g/mol. The third kappa shape index (κ3) is 2.94. The van der Waals surface area contributed by atoms with Crippen LogP contribution in [0, 0.1) is 11.7 Å². The van der Waals surface area contributed by atoms with E-state index in [1.54, 1.807) is 12.1 Å². The van der Waals surface area contributed by atoms with Gasteiger partial charge in [-0.1, -0.05) is 12.8 Å². The van der Waals surface area contributed by atoms with E-state index in [-0.39, 0.29) is 5.82 Å². The molecule has 0 aliphatic heterocycles. The summed E-state index contributed by atoms with van der Waals surface area (Å²) >= 11 is 3.41. The van der Waals surface area contributed by atoms with Crippen LogP contribution >= 0.6 is 15.9 Å². The minimum atomic E-state index is -0.188. The number of rotatable bonds is 3. The number of nitrogens with one attached hydrogen (secondary N) is 1. The second kappa shape index (κ2) is 4.97. The van der Waals surface area contributed by atoms with Crippen LogP contribution in [0.3, 0.4) is 0 Å². The van der Waals surface area contributed by atoms with E-state index in [4.69, 9.17) is 0 Å². The molecule has 2 rings (SSSR count). The molecule has 1 N–H and O–H groups in total. The molecule has 15 heavy (non-hydrogen) atoms. The highest BCUT2D eigenvalue weighted by Gasteiger charge is 2.14. The van der Waals surface area contributed by atoms with E-state index in [0.717, 1.165) is 22.6 Å². The Morgan fingerprint density at radius 3 is 2.80 bits per heavy atom. The number of hydrogen-bond donors (Lipinski definition) is 1. The van der Waals surface area contributed by atoms with Crippen LogP contribution in [0.1, 0.15) is 25.7 Å². The second-order valence-electron chi connectivity index (χ2n) is 4.16. The van der Waals surface area contributed by atoms with E-state index in [1.807, 2.05) is 0 Å². The Morgan fingerprint density at radius 2 is 2.07 bits per heavy atom. The molecule has 1 aliphatic carbocycles. The van der Waals surface area contributed by atoms with Gasteiger partial charge in [-0.05, 0) is 52.9 Å². The summed E-state index contributed by atoms with van der Waals surface area (Å²) < 4.78 is 13.9. The average Bonchev–Trinajstić information content (AvgIpc) is 2.72. The summed E-state index contributed by atoms with van der Waals surface area (Å²) in [6.07, 6.45) is 5.30. The van der Waals surface area contributed by atoms with E-state index in [9.17, 15) is 4.39 Å². The Balaban J connectivity index is 1.94. The minimum absolute atomic E-state index is 0.188. The molecular formula is C12H15BrFN. The summed E-state index contributed by atoms with van der Waals surface area (Å²) in [6.45, 7) is 0.960. The lowest BCUT2D eigenvalue weighted by atomic mass is 10.1. The van der Waals surface area contributed by atoms with Gasteiger partial charge in [-0.3, -0.25) is 0 Å². The first-order valence-electron chi connectivity index (χ1n) is 5.44. The van der Waals surface area contributed by atoms with Crippen LogP contribution in [-0.2, 0) is 0 Å². The molecule has 82 valence electrons. The predicted octanol–water partition coefficient (Wildman–Crippen LogP) is 4.19. The Kier molecular flexibility index (Phi) is 3.62. The lowest BCUT2D eigenvalue weighted by Crippen LogP contribution is -2.11. The Bertz CT molecular complexity index is 334. The molecule has 0 radical (unpaired) electrons. The largest absolute Gasteiger partial charge is 0.384 e. The van der Waals surface area contributed by atoms with E-state index < -0.39 is 0 Å². The fraction of sp³-hybridized carbons (Fsp3) is 0.500. The molecule has 0 aromatic heterocycles. The van der Waals surface area contributed by atoms with Crippen molar-refractivity contribution in [2.75, 3.05) is 11.9 Å². The quantitative estimate of drug-likeness (QED) is 0.869. The van der Waals surface area contributed by atoms with Crippen molar-refractivity contribution in [2.24, 2.45) is 5.92 Å². The topological polar surface area (TPSA) is 12.0 Å². The van der Waals surface area contributed by atoms with Crippen LogP contribution in [0.15, 0.2) is 22.7 Å². The SMILES string of the molecule is Fc1ccc(Br)c(NCC2CCCC2)c1. The van der Waals surface area contributed by atoms with E-state index in [1.165, 1.54) is 31.7 Å². The summed E-state index contributed by atoms with van der Waals surface area (Å²) in [5, 5.41) is 3.31. The molecule has 0 amide bonds. The summed E-state index contributed by atoms with van der Waals surface area (Å²) in [5.41, 5.74) is 0.863. The average molecular weight is 272 g/mol. The highest BCUT2D eigenvalue weighted by molar-refractivity contribution is 9.10. The zero-order valence-corrected chi connectivity index (χ0v) is 10.2. The first-order chi connectivity index (χ1) is 7.25. The molecule has 0 unspecified atom stereocenters. The van der Waals surface area contributed by atoms with Gasteiger partial charge >= 0.3 is 0 Å². The molecule has 0 atom stereocenters. The fourth-order valence-electron chi connectivity index (χ4n) is 2.10. The van der Waals surface area contributed by atoms with Gasteiger partial charge in [0.2, 0.25) is 0 Å². The smallest absolute Gasteiger partial charge is 0.125 e. The van der Waals surface area contributed by atoms with Gasteiger partial charge < -0.3 is 5.32 Å². The van der Waals surface area contributed by atoms with Crippen molar-refractivity contribution in [1.82, 2.24) is 0 Å².